The molecule has 0 aromatic rings. The van der Waals surface area contributed by atoms with Crippen molar-refractivity contribution in [2.45, 2.75) is 72.3 Å². The third-order valence-corrected chi connectivity index (χ3v) is 4.23. The van der Waals surface area contributed by atoms with Gasteiger partial charge in [0.25, 0.3) is 0 Å². The van der Waals surface area contributed by atoms with E-state index in [0.717, 1.165) is 19.3 Å². The van der Waals surface area contributed by atoms with E-state index in [4.69, 9.17) is 0 Å². The lowest BCUT2D eigenvalue weighted by atomic mass is 10.1. The Balaban J connectivity index is 2.48. The summed E-state index contributed by atoms with van der Waals surface area (Å²) in [6.07, 6.45) is 4.01. The Morgan fingerprint density at radius 2 is 1.74 bits per heavy atom. The fourth-order valence-corrected chi connectivity index (χ4v) is 2.65. The van der Waals surface area contributed by atoms with E-state index in [2.05, 4.69) is 33.0 Å². The number of nitrogens with one attached hydrogen (secondary N) is 1. The van der Waals surface area contributed by atoms with Crippen LogP contribution in [0.25, 0.3) is 0 Å². The summed E-state index contributed by atoms with van der Waals surface area (Å²) in [5.74, 6) is 0.906. The molecule has 0 unspecified atom stereocenters. The van der Waals surface area contributed by atoms with E-state index in [1.807, 2.05) is 0 Å². The highest BCUT2D eigenvalue weighted by Gasteiger charge is 2.28. The summed E-state index contributed by atoms with van der Waals surface area (Å²) in [5.41, 5.74) is 0. The maximum Gasteiger partial charge on any atom is 0.222 e. The van der Waals surface area contributed by atoms with Gasteiger partial charge in [-0.25, -0.2) is 0 Å². The number of rotatable bonds is 7. The molecule has 1 rings (SSSR count). The smallest absolute Gasteiger partial charge is 0.222 e. The van der Waals surface area contributed by atoms with E-state index in [-0.39, 0.29) is 24.1 Å². The third kappa shape index (κ3) is 7.62. The molecule has 1 aliphatic rings. The van der Waals surface area contributed by atoms with Crippen LogP contribution in [0.2, 0.25) is 0 Å². The first-order chi connectivity index (χ1) is 10.8. The van der Waals surface area contributed by atoms with Gasteiger partial charge in [-0.3, -0.25) is 14.4 Å². The summed E-state index contributed by atoms with van der Waals surface area (Å²) >= 11 is 0. The van der Waals surface area contributed by atoms with E-state index in [0.29, 0.717) is 37.6 Å². The summed E-state index contributed by atoms with van der Waals surface area (Å²) in [7, 11) is 0. The van der Waals surface area contributed by atoms with Gasteiger partial charge in [-0.1, -0.05) is 27.7 Å². The number of hydrogen-bond donors (Lipinski definition) is 1. The fourth-order valence-electron chi connectivity index (χ4n) is 2.65. The molecule has 1 heterocycles. The molecule has 132 valence electrons. The molecule has 1 N–H and O–H groups in total. The summed E-state index contributed by atoms with van der Waals surface area (Å²) in [4.78, 5) is 38.1. The van der Waals surface area contributed by atoms with Crippen LogP contribution in [0, 0.1) is 11.8 Å². The largest absolute Gasteiger partial charge is 0.346 e. The molecule has 0 saturated carbocycles. The van der Waals surface area contributed by atoms with Crippen molar-refractivity contribution in [1.82, 2.24) is 10.2 Å². The average Bonchev–Trinajstić information content (AvgIpc) is 2.65. The van der Waals surface area contributed by atoms with Crippen LogP contribution >= 0.6 is 0 Å². The lowest BCUT2D eigenvalue weighted by molar-refractivity contribution is -0.135. The zero-order valence-electron chi connectivity index (χ0n) is 15.1. The molecule has 1 fully saturated rings. The summed E-state index contributed by atoms with van der Waals surface area (Å²) < 4.78 is 0. The molecule has 2 amide bonds. The maximum absolute atomic E-state index is 12.3. The Bertz CT molecular complexity index is 418. The van der Waals surface area contributed by atoms with Gasteiger partial charge in [-0.15, -0.1) is 0 Å². The highest BCUT2D eigenvalue weighted by Crippen LogP contribution is 2.13. The second-order valence-corrected chi connectivity index (χ2v) is 7.41. The van der Waals surface area contributed by atoms with Gasteiger partial charge < -0.3 is 10.2 Å². The topological polar surface area (TPSA) is 66.5 Å². The molecule has 5 heteroatoms. The van der Waals surface area contributed by atoms with E-state index in [1.165, 1.54) is 0 Å². The number of ketones is 1. The van der Waals surface area contributed by atoms with Gasteiger partial charge in [0.05, 0.1) is 12.6 Å². The zero-order chi connectivity index (χ0) is 17.4. The SMILES string of the molecule is CC(C)CCC(=O)N[C@H]1CCCN(C(=O)CCC(C)C)CC1=O. The predicted molar refractivity (Wildman–Crippen MR) is 90.9 cm³/mol. The van der Waals surface area contributed by atoms with Crippen molar-refractivity contribution in [1.29, 1.82) is 0 Å². The third-order valence-electron chi connectivity index (χ3n) is 4.23. The second kappa shape index (κ2) is 9.68. The highest BCUT2D eigenvalue weighted by atomic mass is 16.2. The molecule has 0 aromatic carbocycles. The van der Waals surface area contributed by atoms with E-state index >= 15 is 0 Å². The summed E-state index contributed by atoms with van der Waals surface area (Å²) in [6, 6.07) is -0.433. The predicted octanol–water partition coefficient (Wildman–Crippen LogP) is 2.54. The number of amides is 2. The molecule has 1 aliphatic heterocycles. The Hall–Kier alpha value is -1.39. The van der Waals surface area contributed by atoms with E-state index < -0.39 is 6.04 Å². The van der Waals surface area contributed by atoms with E-state index in [9.17, 15) is 14.4 Å². The fraction of sp³-hybridized carbons (Fsp3) is 0.833. The monoisotopic (exact) mass is 324 g/mol. The van der Waals surface area contributed by atoms with Crippen molar-refractivity contribution < 1.29 is 14.4 Å². The normalized spacial score (nSPS) is 19.1. The second-order valence-electron chi connectivity index (χ2n) is 7.41. The van der Waals surface area contributed by atoms with Crippen LogP contribution < -0.4 is 5.32 Å². The van der Waals surface area contributed by atoms with Gasteiger partial charge in [0.15, 0.2) is 5.78 Å². The van der Waals surface area contributed by atoms with Crippen molar-refractivity contribution >= 4 is 17.6 Å². The Kier molecular flexibility index (Phi) is 8.28. The quantitative estimate of drug-likeness (QED) is 0.782. The van der Waals surface area contributed by atoms with E-state index in [1.54, 1.807) is 4.90 Å². The van der Waals surface area contributed by atoms with Crippen LogP contribution in [0.4, 0.5) is 0 Å². The Labute approximate surface area is 140 Å². The Morgan fingerprint density at radius 1 is 1.13 bits per heavy atom. The minimum atomic E-state index is -0.433. The molecule has 1 saturated heterocycles. The van der Waals surface area contributed by atoms with Crippen LogP contribution in [-0.2, 0) is 14.4 Å². The standard InChI is InChI=1S/C18H32N2O3/c1-13(2)7-9-17(22)19-15-6-5-11-20(12-16(15)21)18(23)10-8-14(3)4/h13-15H,5-12H2,1-4H3,(H,19,22)/t15-/m0/s1. The number of nitrogens with zero attached hydrogens (tertiary/aromatic N) is 1. The minimum absolute atomic E-state index is 0.0432. The minimum Gasteiger partial charge on any atom is -0.346 e. The van der Waals surface area contributed by atoms with Crippen molar-refractivity contribution in [3.63, 3.8) is 0 Å². The first-order valence-corrected chi connectivity index (χ1v) is 8.89. The van der Waals surface area contributed by atoms with Crippen molar-refractivity contribution in [2.24, 2.45) is 11.8 Å². The molecule has 5 nitrogen and oxygen atoms in total. The van der Waals surface area contributed by atoms with Gasteiger partial charge >= 0.3 is 0 Å². The lowest BCUT2D eigenvalue weighted by Gasteiger charge is -2.20. The molecular weight excluding hydrogens is 292 g/mol. The van der Waals surface area contributed by atoms with Gasteiger partial charge in [-0.2, -0.15) is 0 Å². The molecular formula is C18H32N2O3. The van der Waals surface area contributed by atoms with Crippen LogP contribution in [-0.4, -0.2) is 41.6 Å². The molecule has 0 radical (unpaired) electrons. The molecule has 0 aromatic heterocycles. The molecule has 0 spiro atoms. The van der Waals surface area contributed by atoms with Gasteiger partial charge in [0, 0.05) is 19.4 Å². The zero-order valence-corrected chi connectivity index (χ0v) is 15.1. The van der Waals surface area contributed by atoms with Crippen LogP contribution in [0.1, 0.15) is 66.2 Å². The van der Waals surface area contributed by atoms with Gasteiger partial charge in [0.2, 0.25) is 11.8 Å². The van der Waals surface area contributed by atoms with Crippen LogP contribution in [0.5, 0.6) is 0 Å². The first kappa shape index (κ1) is 19.7. The average molecular weight is 324 g/mol. The van der Waals surface area contributed by atoms with Crippen molar-refractivity contribution in [2.75, 3.05) is 13.1 Å². The lowest BCUT2D eigenvalue weighted by Crippen LogP contribution is -2.44. The molecule has 0 bridgehead atoms. The van der Waals surface area contributed by atoms with Crippen LogP contribution in [0.3, 0.4) is 0 Å². The summed E-state index contributed by atoms with van der Waals surface area (Å²) in [5, 5.41) is 2.85. The van der Waals surface area contributed by atoms with Gasteiger partial charge in [0.1, 0.15) is 0 Å². The van der Waals surface area contributed by atoms with Gasteiger partial charge in [-0.05, 0) is 37.5 Å². The number of carbonyl (C=O) groups excluding carboxylic acids is 3. The number of likely N-dealkylation sites (tertiary alicyclic amines) is 1. The molecule has 0 aliphatic carbocycles. The van der Waals surface area contributed by atoms with Crippen molar-refractivity contribution in [3.05, 3.63) is 0 Å². The first-order valence-electron chi connectivity index (χ1n) is 8.89. The number of Topliss-reactive ketones (excluding diaryl/α,β-unsaturated/α-hetero) is 1. The Morgan fingerprint density at radius 3 is 2.35 bits per heavy atom. The number of carbonyl (C=O) groups is 3. The molecule has 1 atom stereocenters. The highest BCUT2D eigenvalue weighted by molar-refractivity contribution is 5.93. The summed E-state index contributed by atoms with van der Waals surface area (Å²) in [6.45, 7) is 9.07. The molecule has 23 heavy (non-hydrogen) atoms. The number of hydrogen-bond acceptors (Lipinski definition) is 3. The van der Waals surface area contributed by atoms with Crippen LogP contribution in [0.15, 0.2) is 0 Å². The van der Waals surface area contributed by atoms with Crippen molar-refractivity contribution in [3.8, 4) is 0 Å². The maximum atomic E-state index is 12.3.